The molecule has 7 heteroatoms. The van der Waals surface area contributed by atoms with Crippen LogP contribution >= 0.6 is 15.9 Å². The van der Waals surface area contributed by atoms with Crippen LogP contribution < -0.4 is 10.2 Å². The van der Waals surface area contributed by atoms with Gasteiger partial charge in [0.05, 0.1) is 4.47 Å². The van der Waals surface area contributed by atoms with Crippen LogP contribution in [0.25, 0.3) is 0 Å². The summed E-state index contributed by atoms with van der Waals surface area (Å²) >= 11 is 3.34. The normalized spacial score (nSPS) is 14.2. The molecular weight excluding hydrogens is 334 g/mol. The molecule has 2 aromatic heterocycles. The number of halogens is 1. The molecule has 6 nitrogen and oxygen atoms in total. The van der Waals surface area contributed by atoms with Gasteiger partial charge in [-0.2, -0.15) is 0 Å². The highest BCUT2D eigenvalue weighted by Crippen LogP contribution is 2.21. The average molecular weight is 348 g/mol. The highest BCUT2D eigenvalue weighted by Gasteiger charge is 2.19. The fourth-order valence-electron chi connectivity index (χ4n) is 2.21. The first-order valence-corrected chi connectivity index (χ1v) is 7.52. The van der Waals surface area contributed by atoms with Crippen molar-refractivity contribution in [1.29, 1.82) is 0 Å². The fourth-order valence-corrected chi connectivity index (χ4v) is 2.58. The van der Waals surface area contributed by atoms with E-state index in [1.807, 2.05) is 0 Å². The summed E-state index contributed by atoms with van der Waals surface area (Å²) in [6, 6.07) is 3.46. The van der Waals surface area contributed by atoms with Gasteiger partial charge in [-0.25, -0.2) is 9.97 Å². The third-order valence-corrected chi connectivity index (χ3v) is 3.85. The predicted molar refractivity (Wildman–Crippen MR) is 83.4 cm³/mol. The molecule has 0 saturated carbocycles. The Bertz CT molecular complexity index is 643. The lowest BCUT2D eigenvalue weighted by atomic mass is 10.3. The minimum atomic E-state index is -0.268. The van der Waals surface area contributed by atoms with Crippen LogP contribution in [0.4, 0.5) is 11.6 Å². The lowest BCUT2D eigenvalue weighted by Gasteiger charge is -2.16. The zero-order valence-corrected chi connectivity index (χ0v) is 12.9. The second kappa shape index (κ2) is 6.17. The standard InChI is InChI=1S/C14H14BrN5O/c15-11-9-17-14(20-7-1-2-8-20)19-12(11)13(21)18-10-3-5-16-6-4-10/h3-6,9H,1-2,7-8H2,(H,16,18,21). The van der Waals surface area contributed by atoms with Gasteiger partial charge in [-0.3, -0.25) is 9.78 Å². The fraction of sp³-hybridized carbons (Fsp3) is 0.286. The van der Waals surface area contributed by atoms with E-state index in [4.69, 9.17) is 0 Å². The van der Waals surface area contributed by atoms with E-state index in [1.54, 1.807) is 30.7 Å². The first-order valence-electron chi connectivity index (χ1n) is 6.73. The molecule has 0 atom stereocenters. The Morgan fingerprint density at radius 1 is 1.24 bits per heavy atom. The molecule has 21 heavy (non-hydrogen) atoms. The van der Waals surface area contributed by atoms with E-state index in [0.717, 1.165) is 25.9 Å². The molecule has 0 spiro atoms. The molecule has 1 fully saturated rings. The van der Waals surface area contributed by atoms with Crippen molar-refractivity contribution in [3.63, 3.8) is 0 Å². The van der Waals surface area contributed by atoms with Gasteiger partial charge in [0.2, 0.25) is 5.95 Å². The molecule has 0 unspecified atom stereocenters. The molecule has 1 amide bonds. The van der Waals surface area contributed by atoms with E-state index in [0.29, 0.717) is 21.8 Å². The second-order valence-electron chi connectivity index (χ2n) is 4.75. The molecule has 1 aliphatic rings. The molecule has 0 aromatic carbocycles. The smallest absolute Gasteiger partial charge is 0.275 e. The van der Waals surface area contributed by atoms with Crippen molar-refractivity contribution in [1.82, 2.24) is 15.0 Å². The maximum absolute atomic E-state index is 12.3. The van der Waals surface area contributed by atoms with Crippen LogP contribution in [0.5, 0.6) is 0 Å². The van der Waals surface area contributed by atoms with Crippen LogP contribution in [0.1, 0.15) is 23.3 Å². The summed E-state index contributed by atoms with van der Waals surface area (Å²) in [5.74, 6) is 0.339. The molecule has 3 heterocycles. The van der Waals surface area contributed by atoms with Gasteiger partial charge in [0.25, 0.3) is 5.91 Å². The molecule has 0 radical (unpaired) electrons. The molecule has 0 aliphatic carbocycles. The first kappa shape index (κ1) is 13.9. The topological polar surface area (TPSA) is 71.0 Å². The minimum Gasteiger partial charge on any atom is -0.341 e. The van der Waals surface area contributed by atoms with Crippen molar-refractivity contribution in [3.8, 4) is 0 Å². The number of hydrogen-bond acceptors (Lipinski definition) is 5. The summed E-state index contributed by atoms with van der Waals surface area (Å²) < 4.78 is 0.581. The second-order valence-corrected chi connectivity index (χ2v) is 5.61. The highest BCUT2D eigenvalue weighted by atomic mass is 79.9. The maximum atomic E-state index is 12.3. The van der Waals surface area contributed by atoms with E-state index < -0.39 is 0 Å². The summed E-state index contributed by atoms with van der Waals surface area (Å²) in [5.41, 5.74) is 1.02. The Hall–Kier alpha value is -2.02. The number of anilines is 2. The van der Waals surface area contributed by atoms with E-state index >= 15 is 0 Å². The van der Waals surface area contributed by atoms with E-state index in [9.17, 15) is 4.79 Å². The molecular formula is C14H14BrN5O. The van der Waals surface area contributed by atoms with Crippen LogP contribution in [0.2, 0.25) is 0 Å². The number of carbonyl (C=O) groups is 1. The van der Waals surface area contributed by atoms with Crippen molar-refractivity contribution < 1.29 is 4.79 Å². The van der Waals surface area contributed by atoms with E-state index in [2.05, 4.69) is 41.1 Å². The van der Waals surface area contributed by atoms with Gasteiger partial charge in [0.15, 0.2) is 0 Å². The molecule has 1 N–H and O–H groups in total. The Labute approximate surface area is 130 Å². The number of hydrogen-bond donors (Lipinski definition) is 1. The van der Waals surface area contributed by atoms with Gasteiger partial charge in [-0.15, -0.1) is 0 Å². The monoisotopic (exact) mass is 347 g/mol. The van der Waals surface area contributed by atoms with Gasteiger partial charge in [0.1, 0.15) is 5.69 Å². The Kier molecular flexibility index (Phi) is 4.10. The quantitative estimate of drug-likeness (QED) is 0.923. The molecule has 0 bridgehead atoms. The number of carbonyl (C=O) groups excluding carboxylic acids is 1. The summed E-state index contributed by atoms with van der Waals surface area (Å²) in [5, 5.41) is 2.80. The van der Waals surface area contributed by atoms with Crippen molar-refractivity contribution in [3.05, 3.63) is 40.9 Å². The summed E-state index contributed by atoms with van der Waals surface area (Å²) in [7, 11) is 0. The van der Waals surface area contributed by atoms with Crippen molar-refractivity contribution in [2.24, 2.45) is 0 Å². The third-order valence-electron chi connectivity index (χ3n) is 3.27. The first-order chi connectivity index (χ1) is 10.2. The van der Waals surface area contributed by atoms with E-state index in [1.165, 1.54) is 0 Å². The number of nitrogens with one attached hydrogen (secondary N) is 1. The van der Waals surface area contributed by atoms with Crippen LogP contribution in [-0.2, 0) is 0 Å². The zero-order chi connectivity index (χ0) is 14.7. The predicted octanol–water partition coefficient (Wildman–Crippen LogP) is 2.49. The lowest BCUT2D eigenvalue weighted by Crippen LogP contribution is -2.23. The van der Waals surface area contributed by atoms with Crippen molar-refractivity contribution in [2.75, 3.05) is 23.3 Å². The third kappa shape index (κ3) is 3.18. The number of rotatable bonds is 3. The van der Waals surface area contributed by atoms with Crippen molar-refractivity contribution >= 4 is 33.5 Å². The molecule has 1 saturated heterocycles. The number of aromatic nitrogens is 3. The Morgan fingerprint density at radius 2 is 1.95 bits per heavy atom. The highest BCUT2D eigenvalue weighted by molar-refractivity contribution is 9.10. The van der Waals surface area contributed by atoms with Crippen LogP contribution in [0, 0.1) is 0 Å². The Balaban J connectivity index is 1.83. The largest absolute Gasteiger partial charge is 0.341 e. The molecule has 3 rings (SSSR count). The molecule has 2 aromatic rings. The minimum absolute atomic E-state index is 0.268. The van der Waals surface area contributed by atoms with Gasteiger partial charge >= 0.3 is 0 Å². The van der Waals surface area contributed by atoms with Gasteiger partial charge in [0, 0.05) is 37.4 Å². The number of nitrogens with zero attached hydrogens (tertiary/aromatic N) is 4. The van der Waals surface area contributed by atoms with Crippen molar-refractivity contribution in [2.45, 2.75) is 12.8 Å². The lowest BCUT2D eigenvalue weighted by molar-refractivity contribution is 0.102. The maximum Gasteiger partial charge on any atom is 0.275 e. The summed E-state index contributed by atoms with van der Waals surface area (Å²) in [4.78, 5) is 27.0. The average Bonchev–Trinajstić information content (AvgIpc) is 3.03. The Morgan fingerprint density at radius 3 is 2.67 bits per heavy atom. The molecule has 1 aliphatic heterocycles. The number of amides is 1. The summed E-state index contributed by atoms with van der Waals surface area (Å²) in [6.07, 6.45) is 7.15. The van der Waals surface area contributed by atoms with Gasteiger partial charge < -0.3 is 10.2 Å². The molecule has 108 valence electrons. The number of pyridine rings is 1. The SMILES string of the molecule is O=C(Nc1ccncc1)c1nc(N2CCCC2)ncc1Br. The van der Waals surface area contributed by atoms with Crippen LogP contribution in [0.3, 0.4) is 0 Å². The van der Waals surface area contributed by atoms with Gasteiger partial charge in [-0.05, 0) is 40.9 Å². The zero-order valence-electron chi connectivity index (χ0n) is 11.3. The van der Waals surface area contributed by atoms with Gasteiger partial charge in [-0.1, -0.05) is 0 Å². The van der Waals surface area contributed by atoms with Crippen LogP contribution in [-0.4, -0.2) is 33.9 Å². The van der Waals surface area contributed by atoms with Crippen LogP contribution in [0.15, 0.2) is 35.2 Å². The van der Waals surface area contributed by atoms with E-state index in [-0.39, 0.29) is 5.91 Å². The summed E-state index contributed by atoms with van der Waals surface area (Å²) in [6.45, 7) is 1.88.